The molecule has 1 aromatic carbocycles. The van der Waals surface area contributed by atoms with E-state index in [2.05, 4.69) is 4.90 Å². The largest absolute Gasteiger partial charge is 0.497 e. The van der Waals surface area contributed by atoms with Crippen molar-refractivity contribution in [3.63, 3.8) is 0 Å². The number of carbonyl (C=O) groups is 1. The fourth-order valence-electron chi connectivity index (χ4n) is 2.39. The first-order valence-corrected chi connectivity index (χ1v) is 7.24. The molecule has 0 unspecified atom stereocenters. The van der Waals surface area contributed by atoms with Crippen molar-refractivity contribution in [1.82, 2.24) is 0 Å². The van der Waals surface area contributed by atoms with Gasteiger partial charge in [-0.05, 0) is 45.7 Å². The topological polar surface area (TPSA) is 38.8 Å². The molecule has 0 atom stereocenters. The van der Waals surface area contributed by atoms with Crippen molar-refractivity contribution in [2.24, 2.45) is 0 Å². The van der Waals surface area contributed by atoms with Crippen LogP contribution in [0.3, 0.4) is 0 Å². The fourth-order valence-corrected chi connectivity index (χ4v) is 2.39. The van der Waals surface area contributed by atoms with Crippen molar-refractivity contribution in [2.45, 2.75) is 39.2 Å². The quantitative estimate of drug-likeness (QED) is 0.630. The molecular weight excluding hydrogens is 266 g/mol. The average molecular weight is 289 g/mol. The van der Waals surface area contributed by atoms with Crippen molar-refractivity contribution in [2.75, 3.05) is 18.6 Å². The van der Waals surface area contributed by atoms with Gasteiger partial charge in [0.15, 0.2) is 0 Å². The molecule has 0 spiro atoms. The third-order valence-electron chi connectivity index (χ3n) is 3.22. The lowest BCUT2D eigenvalue weighted by atomic mass is 10.2. The van der Waals surface area contributed by atoms with E-state index in [1.807, 2.05) is 45.0 Å². The minimum absolute atomic E-state index is 0.285. The average Bonchev–Trinajstić information content (AvgIpc) is 2.84. The minimum atomic E-state index is -0.465. The molecule has 0 N–H and O–H groups in total. The van der Waals surface area contributed by atoms with Crippen LogP contribution in [-0.2, 0) is 9.53 Å². The predicted octanol–water partition coefficient (Wildman–Crippen LogP) is 3.52. The molecule has 0 amide bonds. The van der Waals surface area contributed by atoms with Crippen molar-refractivity contribution >= 4 is 11.7 Å². The minimum Gasteiger partial charge on any atom is -0.497 e. The number of rotatable bonds is 3. The lowest BCUT2D eigenvalue weighted by Gasteiger charge is -2.22. The normalized spacial score (nSPS) is 17.1. The van der Waals surface area contributed by atoms with Gasteiger partial charge in [-0.2, -0.15) is 0 Å². The molecule has 0 aliphatic carbocycles. The first-order chi connectivity index (χ1) is 9.89. The van der Waals surface area contributed by atoms with E-state index in [1.54, 1.807) is 13.2 Å². The van der Waals surface area contributed by atoms with Crippen LogP contribution in [0.4, 0.5) is 5.69 Å². The number of methoxy groups -OCH3 is 1. The molecule has 0 radical (unpaired) electrons. The van der Waals surface area contributed by atoms with Crippen LogP contribution in [0.15, 0.2) is 36.0 Å². The van der Waals surface area contributed by atoms with Gasteiger partial charge in [-0.1, -0.05) is 6.07 Å². The van der Waals surface area contributed by atoms with Crippen molar-refractivity contribution in [3.05, 3.63) is 36.0 Å². The van der Waals surface area contributed by atoms with Gasteiger partial charge in [0, 0.05) is 30.1 Å². The molecule has 0 bridgehead atoms. The molecule has 114 valence electrons. The maximum absolute atomic E-state index is 12.0. The Labute approximate surface area is 126 Å². The van der Waals surface area contributed by atoms with E-state index in [1.165, 1.54) is 0 Å². The third-order valence-corrected chi connectivity index (χ3v) is 3.22. The molecule has 21 heavy (non-hydrogen) atoms. The second kappa shape index (κ2) is 6.20. The van der Waals surface area contributed by atoms with E-state index in [9.17, 15) is 4.79 Å². The Morgan fingerprint density at radius 3 is 2.76 bits per heavy atom. The molecule has 1 aromatic rings. The SMILES string of the molecule is COc1cccc(N2CCC/C2=C\C(=O)OC(C)(C)C)c1. The second-order valence-corrected chi connectivity index (χ2v) is 6.13. The molecule has 1 aliphatic heterocycles. The first kappa shape index (κ1) is 15.4. The predicted molar refractivity (Wildman–Crippen MR) is 83.5 cm³/mol. The number of hydrogen-bond donors (Lipinski definition) is 0. The van der Waals surface area contributed by atoms with Crippen LogP contribution in [0.2, 0.25) is 0 Å². The highest BCUT2D eigenvalue weighted by molar-refractivity contribution is 5.84. The molecule has 4 nitrogen and oxygen atoms in total. The van der Waals surface area contributed by atoms with Crippen molar-refractivity contribution in [1.29, 1.82) is 0 Å². The molecular formula is C17H23NO3. The van der Waals surface area contributed by atoms with Crippen molar-refractivity contribution in [3.8, 4) is 5.75 Å². The Morgan fingerprint density at radius 2 is 2.10 bits per heavy atom. The Kier molecular flexibility index (Phi) is 4.56. The third kappa shape index (κ3) is 4.25. The number of benzene rings is 1. The second-order valence-electron chi connectivity index (χ2n) is 6.13. The fraction of sp³-hybridized carbons (Fsp3) is 0.471. The van der Waals surface area contributed by atoms with E-state index >= 15 is 0 Å². The molecule has 4 heteroatoms. The molecule has 1 heterocycles. The maximum atomic E-state index is 12.0. The standard InChI is InChI=1S/C17H23NO3/c1-17(2,3)21-16(19)12-14-8-6-10-18(14)13-7-5-9-15(11-13)20-4/h5,7,9,11-12H,6,8,10H2,1-4H3/b14-12+. The summed E-state index contributed by atoms with van der Waals surface area (Å²) in [6.45, 7) is 6.52. The summed E-state index contributed by atoms with van der Waals surface area (Å²) in [6, 6.07) is 7.87. The van der Waals surface area contributed by atoms with E-state index in [4.69, 9.17) is 9.47 Å². The van der Waals surface area contributed by atoms with E-state index < -0.39 is 5.60 Å². The molecule has 2 rings (SSSR count). The van der Waals surface area contributed by atoms with Crippen LogP contribution < -0.4 is 9.64 Å². The highest BCUT2D eigenvalue weighted by Gasteiger charge is 2.22. The molecule has 1 fully saturated rings. The summed E-state index contributed by atoms with van der Waals surface area (Å²) in [7, 11) is 1.65. The zero-order valence-corrected chi connectivity index (χ0v) is 13.2. The van der Waals surface area contributed by atoms with Gasteiger partial charge in [0.2, 0.25) is 0 Å². The van der Waals surface area contributed by atoms with E-state index in [-0.39, 0.29) is 5.97 Å². The zero-order valence-electron chi connectivity index (χ0n) is 13.2. The van der Waals surface area contributed by atoms with Crippen LogP contribution in [0.5, 0.6) is 5.75 Å². The Morgan fingerprint density at radius 1 is 1.33 bits per heavy atom. The van der Waals surface area contributed by atoms with E-state index in [0.29, 0.717) is 0 Å². The van der Waals surface area contributed by atoms with Gasteiger partial charge >= 0.3 is 5.97 Å². The van der Waals surface area contributed by atoms with Gasteiger partial charge in [0.1, 0.15) is 11.4 Å². The van der Waals surface area contributed by atoms with Crippen molar-refractivity contribution < 1.29 is 14.3 Å². The number of esters is 1. The Balaban J connectivity index is 2.18. The molecule has 0 saturated carbocycles. The molecule has 0 aromatic heterocycles. The summed E-state index contributed by atoms with van der Waals surface area (Å²) in [4.78, 5) is 14.1. The first-order valence-electron chi connectivity index (χ1n) is 7.24. The Bertz CT molecular complexity index is 543. The summed E-state index contributed by atoms with van der Waals surface area (Å²) in [5.74, 6) is 0.531. The number of nitrogens with zero attached hydrogens (tertiary/aromatic N) is 1. The number of carbonyl (C=O) groups excluding carboxylic acids is 1. The van der Waals surface area contributed by atoms with Crippen LogP contribution in [0, 0.1) is 0 Å². The monoisotopic (exact) mass is 289 g/mol. The van der Waals surface area contributed by atoms with Crippen LogP contribution in [0.1, 0.15) is 33.6 Å². The van der Waals surface area contributed by atoms with Gasteiger partial charge < -0.3 is 14.4 Å². The zero-order chi connectivity index (χ0) is 15.5. The number of ether oxygens (including phenoxy) is 2. The summed E-state index contributed by atoms with van der Waals surface area (Å²) in [6.07, 6.45) is 3.53. The lowest BCUT2D eigenvalue weighted by Crippen LogP contribution is -2.24. The van der Waals surface area contributed by atoms with Crippen LogP contribution in [0.25, 0.3) is 0 Å². The number of anilines is 1. The summed E-state index contributed by atoms with van der Waals surface area (Å²) in [5.41, 5.74) is 1.58. The van der Waals surface area contributed by atoms with Gasteiger partial charge in [0.05, 0.1) is 7.11 Å². The molecule has 1 aliphatic rings. The summed E-state index contributed by atoms with van der Waals surface area (Å²) < 4.78 is 10.6. The maximum Gasteiger partial charge on any atom is 0.333 e. The summed E-state index contributed by atoms with van der Waals surface area (Å²) >= 11 is 0. The number of allylic oxidation sites excluding steroid dienone is 1. The number of hydrogen-bond acceptors (Lipinski definition) is 4. The highest BCUT2D eigenvalue weighted by Crippen LogP contribution is 2.30. The van der Waals surface area contributed by atoms with Crippen LogP contribution in [-0.4, -0.2) is 25.2 Å². The molecule has 1 saturated heterocycles. The smallest absolute Gasteiger partial charge is 0.333 e. The van der Waals surface area contributed by atoms with E-state index in [0.717, 1.165) is 36.5 Å². The highest BCUT2D eigenvalue weighted by atomic mass is 16.6. The Hall–Kier alpha value is -1.97. The van der Waals surface area contributed by atoms with Gasteiger partial charge in [0.25, 0.3) is 0 Å². The van der Waals surface area contributed by atoms with Crippen LogP contribution >= 0.6 is 0 Å². The summed E-state index contributed by atoms with van der Waals surface area (Å²) in [5, 5.41) is 0. The lowest BCUT2D eigenvalue weighted by molar-refractivity contribution is -0.148. The van der Waals surface area contributed by atoms with Gasteiger partial charge in [-0.25, -0.2) is 4.79 Å². The van der Waals surface area contributed by atoms with Gasteiger partial charge in [-0.3, -0.25) is 0 Å². The van der Waals surface area contributed by atoms with Gasteiger partial charge in [-0.15, -0.1) is 0 Å².